The standard InChI is InChI=1S/C18H17BrFN3O3S/c1-25-18(24)14-8-13-17(27-14)22-15(23(13)9-16-21-4-5-26-16)6-10-2-3-11(19)7-12(10)20/h2-3,7-8,16,21H,4-6,9H2,1H3. The normalized spacial score (nSPS) is 16.9. The van der Waals surface area contributed by atoms with Crippen molar-refractivity contribution < 1.29 is 18.7 Å². The Hall–Kier alpha value is -1.81. The van der Waals surface area contributed by atoms with E-state index in [9.17, 15) is 9.18 Å². The lowest BCUT2D eigenvalue weighted by Crippen LogP contribution is -2.28. The van der Waals surface area contributed by atoms with Gasteiger partial charge in [0.2, 0.25) is 0 Å². The molecule has 1 N–H and O–H groups in total. The van der Waals surface area contributed by atoms with Crippen molar-refractivity contribution in [2.75, 3.05) is 20.3 Å². The van der Waals surface area contributed by atoms with Crippen molar-refractivity contribution in [3.63, 3.8) is 0 Å². The minimum absolute atomic E-state index is 0.141. The Balaban J connectivity index is 1.73. The lowest BCUT2D eigenvalue weighted by molar-refractivity contribution is 0.0606. The van der Waals surface area contributed by atoms with Crippen LogP contribution in [0.2, 0.25) is 0 Å². The number of fused-ring (bicyclic) bond motifs is 1. The van der Waals surface area contributed by atoms with Crippen LogP contribution in [-0.4, -0.2) is 42.0 Å². The minimum Gasteiger partial charge on any atom is -0.465 e. The van der Waals surface area contributed by atoms with E-state index in [1.165, 1.54) is 24.5 Å². The summed E-state index contributed by atoms with van der Waals surface area (Å²) in [4.78, 5) is 17.7. The number of carbonyl (C=O) groups excluding carboxylic acids is 1. The molecule has 1 atom stereocenters. The van der Waals surface area contributed by atoms with Crippen LogP contribution in [0.25, 0.3) is 10.3 Å². The van der Waals surface area contributed by atoms with Crippen LogP contribution in [0.4, 0.5) is 4.39 Å². The molecule has 142 valence electrons. The molecule has 1 aliphatic rings. The highest BCUT2D eigenvalue weighted by atomic mass is 79.9. The molecule has 1 aliphatic heterocycles. The second-order valence-corrected chi connectivity index (χ2v) is 8.10. The number of nitrogens with one attached hydrogen (secondary N) is 1. The van der Waals surface area contributed by atoms with Crippen LogP contribution in [0.15, 0.2) is 28.7 Å². The molecule has 0 spiro atoms. The predicted octanol–water partition coefficient (Wildman–Crippen LogP) is 3.32. The number of methoxy groups -OCH3 is 1. The number of ether oxygens (including phenoxy) is 2. The van der Waals surface area contributed by atoms with E-state index in [-0.39, 0.29) is 18.0 Å². The predicted molar refractivity (Wildman–Crippen MR) is 104 cm³/mol. The molecule has 0 radical (unpaired) electrons. The molecule has 0 amide bonds. The smallest absolute Gasteiger partial charge is 0.348 e. The van der Waals surface area contributed by atoms with Crippen LogP contribution in [0.5, 0.6) is 0 Å². The van der Waals surface area contributed by atoms with Crippen LogP contribution in [-0.2, 0) is 22.4 Å². The maximum atomic E-state index is 14.3. The van der Waals surface area contributed by atoms with Crippen LogP contribution < -0.4 is 5.32 Å². The van der Waals surface area contributed by atoms with Gasteiger partial charge in [-0.15, -0.1) is 11.3 Å². The Morgan fingerprint density at radius 2 is 2.37 bits per heavy atom. The minimum atomic E-state index is -0.389. The Labute approximate surface area is 167 Å². The van der Waals surface area contributed by atoms with E-state index in [0.717, 1.165) is 22.7 Å². The molecular weight excluding hydrogens is 437 g/mol. The molecule has 2 aromatic heterocycles. The van der Waals surface area contributed by atoms with Gasteiger partial charge in [0.05, 0.1) is 25.8 Å². The summed E-state index contributed by atoms with van der Waals surface area (Å²) in [5, 5.41) is 3.27. The molecule has 3 aromatic rings. The van der Waals surface area contributed by atoms with Crippen molar-refractivity contribution in [1.29, 1.82) is 0 Å². The number of rotatable bonds is 5. The number of aromatic nitrogens is 2. The Bertz CT molecular complexity index is 997. The van der Waals surface area contributed by atoms with Gasteiger partial charge in [-0.2, -0.15) is 0 Å². The van der Waals surface area contributed by atoms with Gasteiger partial charge in [0, 0.05) is 17.4 Å². The summed E-state index contributed by atoms with van der Waals surface area (Å²) >= 11 is 4.55. The number of thiophene rings is 1. The molecule has 0 saturated carbocycles. The zero-order valence-electron chi connectivity index (χ0n) is 14.5. The molecule has 1 saturated heterocycles. The van der Waals surface area contributed by atoms with Crippen molar-refractivity contribution in [2.24, 2.45) is 0 Å². The number of hydrogen-bond donors (Lipinski definition) is 1. The zero-order valence-corrected chi connectivity index (χ0v) is 16.9. The third kappa shape index (κ3) is 3.77. The molecule has 1 aromatic carbocycles. The van der Waals surface area contributed by atoms with E-state index in [1.54, 1.807) is 12.1 Å². The van der Waals surface area contributed by atoms with Crippen molar-refractivity contribution >= 4 is 43.6 Å². The first-order valence-corrected chi connectivity index (χ1v) is 10.0. The average Bonchev–Trinajstić information content (AvgIpc) is 3.35. The van der Waals surface area contributed by atoms with E-state index in [4.69, 9.17) is 9.47 Å². The molecule has 1 fully saturated rings. The van der Waals surface area contributed by atoms with Gasteiger partial charge in [-0.1, -0.05) is 22.0 Å². The maximum Gasteiger partial charge on any atom is 0.348 e. The van der Waals surface area contributed by atoms with Gasteiger partial charge in [-0.25, -0.2) is 14.2 Å². The molecule has 0 bridgehead atoms. The number of nitrogens with zero attached hydrogens (tertiary/aromatic N) is 2. The lowest BCUT2D eigenvalue weighted by atomic mass is 10.1. The number of benzene rings is 1. The second-order valence-electron chi connectivity index (χ2n) is 6.16. The van der Waals surface area contributed by atoms with Crippen molar-refractivity contribution in [3.8, 4) is 0 Å². The molecule has 27 heavy (non-hydrogen) atoms. The number of imidazole rings is 1. The topological polar surface area (TPSA) is 65.4 Å². The third-order valence-electron chi connectivity index (χ3n) is 4.42. The third-order valence-corrected chi connectivity index (χ3v) is 5.91. The number of hydrogen-bond acceptors (Lipinski definition) is 6. The number of esters is 1. The quantitative estimate of drug-likeness (QED) is 0.600. The molecular formula is C18H17BrFN3O3S. The molecule has 3 heterocycles. The first-order valence-electron chi connectivity index (χ1n) is 8.41. The van der Waals surface area contributed by atoms with Crippen LogP contribution in [0.3, 0.4) is 0 Å². The highest BCUT2D eigenvalue weighted by Gasteiger charge is 2.23. The van der Waals surface area contributed by atoms with Crippen LogP contribution >= 0.6 is 27.3 Å². The van der Waals surface area contributed by atoms with Gasteiger partial charge in [0.25, 0.3) is 0 Å². The summed E-state index contributed by atoms with van der Waals surface area (Å²) in [5.41, 5.74) is 1.39. The van der Waals surface area contributed by atoms with Crippen LogP contribution in [0, 0.1) is 5.82 Å². The van der Waals surface area contributed by atoms with Crippen molar-refractivity contribution in [1.82, 2.24) is 14.9 Å². The van der Waals surface area contributed by atoms with Crippen LogP contribution in [0.1, 0.15) is 21.1 Å². The van der Waals surface area contributed by atoms with E-state index in [1.807, 2.05) is 10.6 Å². The maximum absolute atomic E-state index is 14.3. The molecule has 0 aliphatic carbocycles. The molecule has 1 unspecified atom stereocenters. The van der Waals surface area contributed by atoms with Gasteiger partial charge in [-0.3, -0.25) is 5.32 Å². The van der Waals surface area contributed by atoms with Crippen molar-refractivity contribution in [3.05, 3.63) is 50.8 Å². The summed E-state index contributed by atoms with van der Waals surface area (Å²) in [5.74, 6) is 0.0549. The van der Waals surface area contributed by atoms with E-state index in [0.29, 0.717) is 34.5 Å². The molecule has 4 rings (SSSR count). The van der Waals surface area contributed by atoms with Gasteiger partial charge >= 0.3 is 5.97 Å². The van der Waals surface area contributed by atoms with E-state index < -0.39 is 0 Å². The fourth-order valence-electron chi connectivity index (χ4n) is 3.10. The summed E-state index contributed by atoms with van der Waals surface area (Å²) < 4.78 is 27.5. The molecule has 6 nitrogen and oxygen atoms in total. The SMILES string of the molecule is COC(=O)c1cc2c(nc(Cc3ccc(Br)cc3F)n2CC2NCCO2)s1. The summed E-state index contributed by atoms with van der Waals surface area (Å²) in [6.45, 7) is 1.97. The first-order chi connectivity index (χ1) is 13.0. The van der Waals surface area contributed by atoms with E-state index in [2.05, 4.69) is 26.2 Å². The number of carbonyl (C=O) groups is 1. The highest BCUT2D eigenvalue weighted by molar-refractivity contribution is 9.10. The summed E-state index contributed by atoms with van der Waals surface area (Å²) in [7, 11) is 1.35. The fourth-order valence-corrected chi connectivity index (χ4v) is 4.40. The highest BCUT2D eigenvalue weighted by Crippen LogP contribution is 2.29. The Morgan fingerprint density at radius 1 is 1.52 bits per heavy atom. The molecule has 9 heteroatoms. The monoisotopic (exact) mass is 453 g/mol. The van der Waals surface area contributed by atoms with E-state index >= 15 is 0 Å². The lowest BCUT2D eigenvalue weighted by Gasteiger charge is -2.14. The van der Waals surface area contributed by atoms with Gasteiger partial charge in [-0.05, 0) is 23.8 Å². The Kier molecular flexibility index (Phi) is 5.27. The van der Waals surface area contributed by atoms with Gasteiger partial charge < -0.3 is 14.0 Å². The zero-order chi connectivity index (χ0) is 19.0. The van der Waals surface area contributed by atoms with Gasteiger partial charge in [0.15, 0.2) is 0 Å². The number of halogens is 2. The van der Waals surface area contributed by atoms with Gasteiger partial charge in [0.1, 0.15) is 27.6 Å². The Morgan fingerprint density at radius 3 is 3.07 bits per heavy atom. The summed E-state index contributed by atoms with van der Waals surface area (Å²) in [6, 6.07) is 6.78. The average molecular weight is 454 g/mol. The van der Waals surface area contributed by atoms with Crippen molar-refractivity contribution in [2.45, 2.75) is 19.2 Å². The first kappa shape index (κ1) is 18.5. The largest absolute Gasteiger partial charge is 0.465 e. The summed E-state index contributed by atoms with van der Waals surface area (Å²) in [6.07, 6.45) is 0.207. The fraction of sp³-hybridized carbons (Fsp3) is 0.333. The second kappa shape index (κ2) is 7.67.